The van der Waals surface area contributed by atoms with Crippen LogP contribution in [-0.4, -0.2) is 3.97 Å². The summed E-state index contributed by atoms with van der Waals surface area (Å²) in [5, 5.41) is 1.20. The number of rotatable bonds is 0. The van der Waals surface area contributed by atoms with E-state index in [9.17, 15) is 0 Å². The average Bonchev–Trinajstić information content (AvgIpc) is 2.35. The molecule has 0 saturated heterocycles. The van der Waals surface area contributed by atoms with Gasteiger partial charge in [-0.3, -0.25) is 3.97 Å². The maximum Gasteiger partial charge on any atom is 0.0600 e. The highest BCUT2D eigenvalue weighted by Gasteiger charge is 1.99. The molecule has 1 aromatic carbocycles. The van der Waals surface area contributed by atoms with Crippen LogP contribution in [0.4, 0.5) is 0 Å². The van der Waals surface area contributed by atoms with Gasteiger partial charge in [-0.15, -0.1) is 0 Å². The van der Waals surface area contributed by atoms with Gasteiger partial charge in [-0.2, -0.15) is 0 Å². The Labute approximate surface area is 78.7 Å². The molecule has 0 spiro atoms. The molecule has 0 aliphatic carbocycles. The van der Waals surface area contributed by atoms with E-state index in [1.54, 1.807) is 3.97 Å². The summed E-state index contributed by atoms with van der Waals surface area (Å²) >= 11 is 7.71. The Morgan fingerprint density at radius 1 is 1.27 bits per heavy atom. The van der Waals surface area contributed by atoms with Crippen LogP contribution >= 0.6 is 28.7 Å². The fraction of sp³-hybridized carbons (Fsp3) is 0. The summed E-state index contributed by atoms with van der Waals surface area (Å²) < 4.78 is 2.92. The molecule has 0 aliphatic heterocycles. The summed E-state index contributed by atoms with van der Waals surface area (Å²) in [4.78, 5) is 0. The summed E-state index contributed by atoms with van der Waals surface area (Å²) in [7, 11) is 0. The molecule has 2 aromatic rings. The summed E-state index contributed by atoms with van der Waals surface area (Å²) in [6.45, 7) is 0. The SMILES string of the molecule is Sn1ccc2c(Br)cccc21. The Bertz CT molecular complexity index is 394. The van der Waals surface area contributed by atoms with Gasteiger partial charge in [0.25, 0.3) is 0 Å². The normalized spacial score (nSPS) is 10.7. The van der Waals surface area contributed by atoms with Crippen molar-refractivity contribution in [2.75, 3.05) is 0 Å². The van der Waals surface area contributed by atoms with Crippen LogP contribution in [0.25, 0.3) is 10.9 Å². The number of aromatic nitrogens is 1. The molecule has 0 radical (unpaired) electrons. The zero-order valence-electron chi connectivity index (χ0n) is 5.66. The lowest BCUT2D eigenvalue weighted by Crippen LogP contribution is -1.74. The molecule has 0 atom stereocenters. The highest BCUT2D eigenvalue weighted by atomic mass is 79.9. The van der Waals surface area contributed by atoms with E-state index in [1.165, 1.54) is 5.39 Å². The van der Waals surface area contributed by atoms with E-state index >= 15 is 0 Å². The molecular formula is C8H6BrNS. The molecule has 0 bridgehead atoms. The van der Waals surface area contributed by atoms with Gasteiger partial charge < -0.3 is 0 Å². The van der Waals surface area contributed by atoms with Gasteiger partial charge in [0.2, 0.25) is 0 Å². The molecule has 0 aliphatic rings. The minimum Gasteiger partial charge on any atom is -0.294 e. The van der Waals surface area contributed by atoms with Crippen molar-refractivity contribution in [3.63, 3.8) is 0 Å². The highest BCUT2D eigenvalue weighted by molar-refractivity contribution is 9.10. The first kappa shape index (κ1) is 7.25. The van der Waals surface area contributed by atoms with E-state index in [0.29, 0.717) is 0 Å². The third kappa shape index (κ3) is 1.08. The zero-order chi connectivity index (χ0) is 7.84. The molecule has 0 unspecified atom stereocenters. The quantitative estimate of drug-likeness (QED) is 0.661. The van der Waals surface area contributed by atoms with Crippen LogP contribution < -0.4 is 0 Å². The van der Waals surface area contributed by atoms with Crippen molar-refractivity contribution in [1.82, 2.24) is 3.97 Å². The molecule has 3 heteroatoms. The summed E-state index contributed by atoms with van der Waals surface area (Å²) in [5.74, 6) is 0. The van der Waals surface area contributed by atoms with Gasteiger partial charge in [0, 0.05) is 16.1 Å². The minimum atomic E-state index is 1.11. The molecule has 56 valence electrons. The smallest absolute Gasteiger partial charge is 0.0600 e. The molecule has 1 aromatic heterocycles. The molecule has 0 N–H and O–H groups in total. The minimum absolute atomic E-state index is 1.11. The predicted octanol–water partition coefficient (Wildman–Crippen LogP) is 3.10. The maximum atomic E-state index is 4.24. The Morgan fingerprint density at radius 2 is 2.09 bits per heavy atom. The Kier molecular flexibility index (Phi) is 1.69. The number of hydrogen-bond donors (Lipinski definition) is 1. The van der Waals surface area contributed by atoms with Crippen LogP contribution in [0.2, 0.25) is 0 Å². The second kappa shape index (κ2) is 2.57. The van der Waals surface area contributed by atoms with E-state index in [4.69, 9.17) is 0 Å². The van der Waals surface area contributed by atoms with Crippen molar-refractivity contribution >= 4 is 39.6 Å². The van der Waals surface area contributed by atoms with Crippen molar-refractivity contribution in [2.45, 2.75) is 0 Å². The number of benzene rings is 1. The molecule has 11 heavy (non-hydrogen) atoms. The van der Waals surface area contributed by atoms with Crippen LogP contribution in [0.3, 0.4) is 0 Å². The van der Waals surface area contributed by atoms with Crippen LogP contribution in [-0.2, 0) is 0 Å². The third-order valence-electron chi connectivity index (χ3n) is 1.66. The highest BCUT2D eigenvalue weighted by Crippen LogP contribution is 2.24. The molecule has 0 saturated carbocycles. The molecular weight excluding hydrogens is 222 g/mol. The van der Waals surface area contributed by atoms with Crippen molar-refractivity contribution in [2.24, 2.45) is 0 Å². The second-order valence-electron chi connectivity index (χ2n) is 2.33. The number of nitrogens with zero attached hydrogens (tertiary/aromatic N) is 1. The standard InChI is InChI=1S/C8H6BrNS/c9-7-2-1-3-8-6(7)4-5-10(8)11/h1-5,11H. The van der Waals surface area contributed by atoms with Crippen molar-refractivity contribution < 1.29 is 0 Å². The third-order valence-corrected chi connectivity index (χ3v) is 2.70. The van der Waals surface area contributed by atoms with Gasteiger partial charge >= 0.3 is 0 Å². The lowest BCUT2D eigenvalue weighted by molar-refractivity contribution is 1.37. The summed E-state index contributed by atoms with van der Waals surface area (Å²) in [5.41, 5.74) is 1.13. The number of halogens is 1. The molecule has 1 heterocycles. The van der Waals surface area contributed by atoms with Gasteiger partial charge in [-0.05, 0) is 18.2 Å². The van der Waals surface area contributed by atoms with Gasteiger partial charge in [0.1, 0.15) is 0 Å². The van der Waals surface area contributed by atoms with Gasteiger partial charge in [0.05, 0.1) is 5.52 Å². The van der Waals surface area contributed by atoms with Gasteiger partial charge in [0.15, 0.2) is 0 Å². The lowest BCUT2D eigenvalue weighted by Gasteiger charge is -1.94. The lowest BCUT2D eigenvalue weighted by atomic mass is 10.3. The molecule has 1 nitrogen and oxygen atoms in total. The van der Waals surface area contributed by atoms with Gasteiger partial charge in [-0.25, -0.2) is 0 Å². The summed E-state index contributed by atoms with van der Waals surface area (Å²) in [6.07, 6.45) is 1.93. The van der Waals surface area contributed by atoms with E-state index in [-0.39, 0.29) is 0 Å². The van der Waals surface area contributed by atoms with Crippen LogP contribution in [0.1, 0.15) is 0 Å². The Hall–Kier alpha value is -0.410. The number of fused-ring (bicyclic) bond motifs is 1. The average molecular weight is 228 g/mol. The maximum absolute atomic E-state index is 4.24. The first-order valence-corrected chi connectivity index (χ1v) is 4.43. The predicted molar refractivity (Wildman–Crippen MR) is 54.0 cm³/mol. The van der Waals surface area contributed by atoms with E-state index in [2.05, 4.69) is 28.7 Å². The molecule has 0 amide bonds. The molecule has 2 rings (SSSR count). The fourth-order valence-corrected chi connectivity index (χ4v) is 1.84. The Morgan fingerprint density at radius 3 is 2.82 bits per heavy atom. The van der Waals surface area contributed by atoms with E-state index < -0.39 is 0 Å². The zero-order valence-corrected chi connectivity index (χ0v) is 8.14. The van der Waals surface area contributed by atoms with Crippen LogP contribution in [0.5, 0.6) is 0 Å². The summed E-state index contributed by atoms with van der Waals surface area (Å²) in [6, 6.07) is 8.09. The van der Waals surface area contributed by atoms with Crippen molar-refractivity contribution in [1.29, 1.82) is 0 Å². The van der Waals surface area contributed by atoms with Crippen LogP contribution in [0.15, 0.2) is 34.9 Å². The number of thiol groups is 1. The van der Waals surface area contributed by atoms with E-state index in [0.717, 1.165) is 9.99 Å². The Balaban J connectivity index is 2.94. The van der Waals surface area contributed by atoms with Crippen molar-refractivity contribution in [3.8, 4) is 0 Å². The molecule has 0 fully saturated rings. The monoisotopic (exact) mass is 227 g/mol. The first-order valence-electron chi connectivity index (χ1n) is 3.24. The van der Waals surface area contributed by atoms with Crippen LogP contribution in [0, 0.1) is 0 Å². The van der Waals surface area contributed by atoms with Crippen molar-refractivity contribution in [3.05, 3.63) is 34.9 Å². The topological polar surface area (TPSA) is 4.93 Å². The fourth-order valence-electron chi connectivity index (χ4n) is 1.12. The second-order valence-corrected chi connectivity index (χ2v) is 3.62. The first-order chi connectivity index (χ1) is 5.29. The van der Waals surface area contributed by atoms with Gasteiger partial charge in [-0.1, -0.05) is 34.8 Å². The largest absolute Gasteiger partial charge is 0.294 e. The van der Waals surface area contributed by atoms with E-state index in [1.807, 2.05) is 30.5 Å². The number of hydrogen-bond acceptors (Lipinski definition) is 1.